The van der Waals surface area contributed by atoms with Gasteiger partial charge < -0.3 is 15.5 Å². The topological polar surface area (TPSA) is 69.6 Å². The molecule has 0 aliphatic rings. The Morgan fingerprint density at radius 2 is 0.750 bits per heavy atom. The third-order valence-corrected chi connectivity index (χ3v) is 11.3. The van der Waals surface area contributed by atoms with E-state index in [4.69, 9.17) is 0 Å². The van der Waals surface area contributed by atoms with Crippen molar-refractivity contribution in [3.05, 3.63) is 48.6 Å². The number of hydrogen-bond acceptors (Lipinski definition) is 3. The zero-order valence-electron chi connectivity index (χ0n) is 37.7. The molecule has 0 bridgehead atoms. The summed E-state index contributed by atoms with van der Waals surface area (Å²) in [6.07, 6.45) is 65.3. The van der Waals surface area contributed by atoms with Crippen LogP contribution in [0.15, 0.2) is 48.6 Å². The fraction of sp³-hybridized carbons (Fsp3) is 0.827. The molecule has 0 aromatic rings. The summed E-state index contributed by atoms with van der Waals surface area (Å²) in [6, 6.07) is -0.642. The molecule has 56 heavy (non-hydrogen) atoms. The van der Waals surface area contributed by atoms with Gasteiger partial charge in [0.2, 0.25) is 5.91 Å². The van der Waals surface area contributed by atoms with E-state index in [9.17, 15) is 15.0 Å². The lowest BCUT2D eigenvalue weighted by molar-refractivity contribution is -0.123. The zero-order valence-corrected chi connectivity index (χ0v) is 37.7. The quantitative estimate of drug-likeness (QED) is 0.0425. The van der Waals surface area contributed by atoms with Crippen LogP contribution in [0.25, 0.3) is 0 Å². The first kappa shape index (κ1) is 54.3. The van der Waals surface area contributed by atoms with Gasteiger partial charge in [0.15, 0.2) is 0 Å². The molecule has 0 spiro atoms. The lowest BCUT2D eigenvalue weighted by Crippen LogP contribution is -2.45. The highest BCUT2D eigenvalue weighted by molar-refractivity contribution is 5.76. The number of rotatable bonds is 45. The van der Waals surface area contributed by atoms with Gasteiger partial charge in [-0.2, -0.15) is 0 Å². The van der Waals surface area contributed by atoms with Crippen LogP contribution in [0.2, 0.25) is 0 Å². The fourth-order valence-corrected chi connectivity index (χ4v) is 7.46. The van der Waals surface area contributed by atoms with E-state index in [1.165, 1.54) is 199 Å². The molecule has 328 valence electrons. The van der Waals surface area contributed by atoms with E-state index in [1.807, 2.05) is 6.08 Å². The molecule has 0 saturated heterocycles. The first-order chi connectivity index (χ1) is 27.7. The molecular formula is C52H97NO3. The summed E-state index contributed by atoms with van der Waals surface area (Å²) in [4.78, 5) is 12.4. The molecule has 0 radical (unpaired) electrons. The van der Waals surface area contributed by atoms with Gasteiger partial charge in [0.25, 0.3) is 0 Å². The maximum atomic E-state index is 12.4. The number of carbonyl (C=O) groups is 1. The first-order valence-electron chi connectivity index (χ1n) is 24.9. The molecule has 2 unspecified atom stereocenters. The van der Waals surface area contributed by atoms with Crippen molar-refractivity contribution in [2.45, 2.75) is 270 Å². The van der Waals surface area contributed by atoms with Crippen molar-refractivity contribution in [2.24, 2.45) is 0 Å². The summed E-state index contributed by atoms with van der Waals surface area (Å²) in [5.74, 6) is -0.0771. The van der Waals surface area contributed by atoms with Gasteiger partial charge in [-0.25, -0.2) is 0 Å². The Morgan fingerprint density at radius 3 is 1.14 bits per heavy atom. The summed E-state index contributed by atoms with van der Waals surface area (Å²) < 4.78 is 0. The highest BCUT2D eigenvalue weighted by Gasteiger charge is 2.17. The van der Waals surface area contributed by atoms with E-state index in [2.05, 4.69) is 55.6 Å². The van der Waals surface area contributed by atoms with Gasteiger partial charge in [-0.3, -0.25) is 4.79 Å². The largest absolute Gasteiger partial charge is 0.394 e. The van der Waals surface area contributed by atoms with Crippen molar-refractivity contribution in [2.75, 3.05) is 6.61 Å². The maximum absolute atomic E-state index is 12.4. The maximum Gasteiger partial charge on any atom is 0.220 e. The lowest BCUT2D eigenvalue weighted by Gasteiger charge is -2.19. The molecule has 0 aliphatic carbocycles. The predicted octanol–water partition coefficient (Wildman–Crippen LogP) is 15.9. The minimum atomic E-state index is -0.865. The first-order valence-corrected chi connectivity index (χ1v) is 24.9. The molecule has 4 heteroatoms. The number of amides is 1. The highest BCUT2D eigenvalue weighted by Crippen LogP contribution is 2.15. The second kappa shape index (κ2) is 47.7. The summed E-state index contributed by atoms with van der Waals surface area (Å²) in [5, 5.41) is 23.1. The minimum absolute atomic E-state index is 0.0771. The Balaban J connectivity index is 3.58. The molecule has 0 rings (SSSR count). The number of aliphatic hydroxyl groups excluding tert-OH is 2. The van der Waals surface area contributed by atoms with Crippen LogP contribution in [0, 0.1) is 0 Å². The Kier molecular flexibility index (Phi) is 46.3. The molecule has 0 saturated carbocycles. The molecule has 4 nitrogen and oxygen atoms in total. The Labute approximate surface area is 350 Å². The van der Waals surface area contributed by atoms with Gasteiger partial charge in [-0.05, 0) is 64.2 Å². The highest BCUT2D eigenvalue weighted by atomic mass is 16.3. The van der Waals surface area contributed by atoms with E-state index in [1.54, 1.807) is 6.08 Å². The normalized spacial score (nSPS) is 13.3. The van der Waals surface area contributed by atoms with Crippen LogP contribution in [-0.2, 0) is 4.79 Å². The van der Waals surface area contributed by atoms with Gasteiger partial charge in [-0.1, -0.05) is 236 Å². The third kappa shape index (κ3) is 43.5. The van der Waals surface area contributed by atoms with Crippen LogP contribution in [0.4, 0.5) is 0 Å². The Hall–Kier alpha value is -1.65. The van der Waals surface area contributed by atoms with Crippen LogP contribution < -0.4 is 5.32 Å². The third-order valence-electron chi connectivity index (χ3n) is 11.3. The van der Waals surface area contributed by atoms with Gasteiger partial charge in [0.1, 0.15) is 0 Å². The second-order valence-electron chi connectivity index (χ2n) is 16.9. The average Bonchev–Trinajstić information content (AvgIpc) is 3.20. The SMILES string of the molecule is CCCCCCCCCCC/C=C\C/C=C\CCCCCCCCCCCC(=O)NC(CO)C(O)/C=C/CC/C=C/CCCCCCCCCCCCCCC. The summed E-state index contributed by atoms with van der Waals surface area (Å²) in [5.41, 5.74) is 0. The van der Waals surface area contributed by atoms with E-state index in [-0.39, 0.29) is 12.5 Å². The van der Waals surface area contributed by atoms with Crippen molar-refractivity contribution in [3.63, 3.8) is 0 Å². The Bertz CT molecular complexity index is 893. The number of carbonyl (C=O) groups excluding carboxylic acids is 1. The van der Waals surface area contributed by atoms with Crippen LogP contribution in [0.1, 0.15) is 258 Å². The minimum Gasteiger partial charge on any atom is -0.394 e. The van der Waals surface area contributed by atoms with E-state index < -0.39 is 12.1 Å². The van der Waals surface area contributed by atoms with Crippen LogP contribution >= 0.6 is 0 Å². The molecule has 0 aromatic heterocycles. The van der Waals surface area contributed by atoms with Crippen LogP contribution in [0.5, 0.6) is 0 Å². The van der Waals surface area contributed by atoms with Gasteiger partial charge >= 0.3 is 0 Å². The van der Waals surface area contributed by atoms with Crippen molar-refractivity contribution in [1.82, 2.24) is 5.32 Å². The van der Waals surface area contributed by atoms with Crippen molar-refractivity contribution < 1.29 is 15.0 Å². The van der Waals surface area contributed by atoms with Gasteiger partial charge in [0.05, 0.1) is 18.8 Å². The van der Waals surface area contributed by atoms with Gasteiger partial charge in [-0.15, -0.1) is 0 Å². The number of allylic oxidation sites excluding steroid dienone is 7. The van der Waals surface area contributed by atoms with Crippen molar-refractivity contribution in [1.29, 1.82) is 0 Å². The Morgan fingerprint density at radius 1 is 0.429 bits per heavy atom. The zero-order chi connectivity index (χ0) is 40.7. The molecular weight excluding hydrogens is 687 g/mol. The van der Waals surface area contributed by atoms with Crippen LogP contribution in [-0.4, -0.2) is 34.9 Å². The number of unbranched alkanes of at least 4 members (excludes halogenated alkanes) is 32. The fourth-order valence-electron chi connectivity index (χ4n) is 7.46. The number of hydrogen-bond donors (Lipinski definition) is 3. The summed E-state index contributed by atoms with van der Waals surface area (Å²) >= 11 is 0. The van der Waals surface area contributed by atoms with E-state index >= 15 is 0 Å². The smallest absolute Gasteiger partial charge is 0.220 e. The summed E-state index contributed by atoms with van der Waals surface area (Å²) in [6.45, 7) is 4.31. The second-order valence-corrected chi connectivity index (χ2v) is 16.9. The van der Waals surface area contributed by atoms with E-state index in [0.29, 0.717) is 6.42 Å². The van der Waals surface area contributed by atoms with Crippen molar-refractivity contribution >= 4 is 5.91 Å². The standard InChI is InChI=1S/C52H97NO3/c1-3-5-7-9-11-13-15-17-19-21-23-24-25-26-27-28-30-32-34-36-38-40-42-44-46-48-52(56)53-50(49-54)51(55)47-45-43-41-39-37-35-33-31-29-22-20-18-16-14-12-10-8-6-4-2/h23-24,26-27,37,39,45,47,50-51,54-55H,3-22,25,28-36,38,40-44,46,48-49H2,1-2H3,(H,53,56)/b24-23-,27-26-,39-37+,47-45+. The molecule has 2 atom stereocenters. The van der Waals surface area contributed by atoms with Gasteiger partial charge in [0, 0.05) is 6.42 Å². The molecule has 0 aromatic carbocycles. The van der Waals surface area contributed by atoms with E-state index in [0.717, 1.165) is 38.5 Å². The molecule has 1 amide bonds. The predicted molar refractivity (Wildman–Crippen MR) is 248 cm³/mol. The summed E-state index contributed by atoms with van der Waals surface area (Å²) in [7, 11) is 0. The lowest BCUT2D eigenvalue weighted by atomic mass is 10.0. The number of aliphatic hydroxyl groups is 2. The molecule has 0 fully saturated rings. The van der Waals surface area contributed by atoms with Crippen LogP contribution in [0.3, 0.4) is 0 Å². The molecule has 3 N–H and O–H groups in total. The molecule has 0 aliphatic heterocycles. The average molecular weight is 784 g/mol. The number of nitrogens with one attached hydrogen (secondary N) is 1. The monoisotopic (exact) mass is 784 g/mol. The van der Waals surface area contributed by atoms with Crippen molar-refractivity contribution in [3.8, 4) is 0 Å². The molecule has 0 heterocycles.